The van der Waals surface area contributed by atoms with Crippen molar-refractivity contribution in [3.63, 3.8) is 0 Å². The predicted molar refractivity (Wildman–Crippen MR) is 77.0 cm³/mol. The van der Waals surface area contributed by atoms with Crippen molar-refractivity contribution in [1.29, 1.82) is 0 Å². The summed E-state index contributed by atoms with van der Waals surface area (Å²) in [5, 5.41) is 0.263. The highest BCUT2D eigenvalue weighted by Crippen LogP contribution is 2.26. The number of nitrogens with zero attached hydrogens (tertiary/aromatic N) is 1. The van der Waals surface area contributed by atoms with Crippen LogP contribution in [0, 0.1) is 12.7 Å². The molecule has 0 aliphatic heterocycles. The van der Waals surface area contributed by atoms with Gasteiger partial charge in [-0.1, -0.05) is 11.6 Å². The molecule has 1 heterocycles. The number of sulfonamides is 1. The lowest BCUT2D eigenvalue weighted by Gasteiger charge is -2.09. The molecule has 0 unspecified atom stereocenters. The molecular weight excluding hydrogens is 325 g/mol. The second-order valence-electron chi connectivity index (χ2n) is 3.96. The molecule has 0 radical (unpaired) electrons. The topological polar surface area (TPSA) is 85.1 Å². The van der Waals surface area contributed by atoms with Crippen molar-refractivity contribution < 1.29 is 12.8 Å². The van der Waals surface area contributed by atoms with E-state index in [9.17, 15) is 12.8 Å². The molecule has 0 bridgehead atoms. The van der Waals surface area contributed by atoms with E-state index in [4.69, 9.17) is 17.3 Å². The zero-order valence-corrected chi connectivity index (χ0v) is 12.7. The Kier molecular flexibility index (Phi) is 4.28. The molecule has 108 valence electrons. The summed E-state index contributed by atoms with van der Waals surface area (Å²) in [6.45, 7) is 1.63. The van der Waals surface area contributed by atoms with Gasteiger partial charge in [-0.25, -0.2) is 17.8 Å². The first-order chi connectivity index (χ1) is 9.33. The molecule has 0 fully saturated rings. The summed E-state index contributed by atoms with van der Waals surface area (Å²) in [6, 6.07) is 2.34. The molecule has 0 aliphatic carbocycles. The molecule has 20 heavy (non-hydrogen) atoms. The van der Waals surface area contributed by atoms with Crippen LogP contribution in [-0.4, -0.2) is 13.4 Å². The van der Waals surface area contributed by atoms with Crippen LogP contribution in [0.1, 0.15) is 10.4 Å². The Morgan fingerprint density at radius 3 is 2.75 bits per heavy atom. The van der Waals surface area contributed by atoms with Gasteiger partial charge < -0.3 is 5.73 Å². The van der Waals surface area contributed by atoms with Gasteiger partial charge in [-0.05, 0) is 19.1 Å². The summed E-state index contributed by atoms with van der Waals surface area (Å²) in [6.07, 6.45) is 1.52. The van der Waals surface area contributed by atoms with Gasteiger partial charge in [-0.3, -0.25) is 4.72 Å². The van der Waals surface area contributed by atoms with Gasteiger partial charge in [0.25, 0.3) is 10.0 Å². The number of aromatic nitrogens is 1. The molecule has 3 N–H and O–H groups in total. The fraction of sp³-hybridized carbons (Fsp3) is 0.182. The maximum atomic E-state index is 14.1. The highest BCUT2D eigenvalue weighted by molar-refractivity contribution is 7.93. The minimum Gasteiger partial charge on any atom is -0.326 e. The van der Waals surface area contributed by atoms with Crippen LogP contribution in [0.15, 0.2) is 23.2 Å². The molecule has 2 rings (SSSR count). The van der Waals surface area contributed by atoms with E-state index in [1.54, 1.807) is 6.92 Å². The number of nitrogens with two attached hydrogens (primary N) is 1. The first-order valence-electron chi connectivity index (χ1n) is 5.46. The lowest BCUT2D eigenvalue weighted by Crippen LogP contribution is -2.16. The predicted octanol–water partition coefficient (Wildman–Crippen LogP) is 2.50. The number of anilines is 1. The summed E-state index contributed by atoms with van der Waals surface area (Å²) in [5.41, 5.74) is 5.40. The van der Waals surface area contributed by atoms with Gasteiger partial charge in [0.15, 0.2) is 5.13 Å². The first kappa shape index (κ1) is 15.2. The third-order valence-electron chi connectivity index (χ3n) is 2.43. The quantitative estimate of drug-likeness (QED) is 0.899. The molecule has 0 saturated heterocycles. The lowest BCUT2D eigenvalue weighted by atomic mass is 10.2. The Morgan fingerprint density at radius 1 is 1.50 bits per heavy atom. The van der Waals surface area contributed by atoms with Crippen LogP contribution < -0.4 is 10.5 Å². The summed E-state index contributed by atoms with van der Waals surface area (Å²) in [7, 11) is -4.10. The Labute approximate surface area is 124 Å². The van der Waals surface area contributed by atoms with Gasteiger partial charge >= 0.3 is 0 Å². The third kappa shape index (κ3) is 3.09. The van der Waals surface area contributed by atoms with E-state index in [0.717, 1.165) is 22.3 Å². The van der Waals surface area contributed by atoms with Crippen LogP contribution in [0.3, 0.4) is 0 Å². The molecule has 0 aliphatic rings. The van der Waals surface area contributed by atoms with Crippen LogP contribution in [-0.2, 0) is 16.6 Å². The molecule has 1 aromatic heterocycles. The standard InChI is InChI=1S/C11H11ClFN3O2S2/c1-6-5-15-11(19-6)16-20(17,18)9-3-8(12)2-7(4-14)10(9)13/h2-3,5H,4,14H2,1H3,(H,15,16). The number of aryl methyl sites for hydroxylation is 1. The van der Waals surface area contributed by atoms with Crippen molar-refractivity contribution in [3.8, 4) is 0 Å². The van der Waals surface area contributed by atoms with Gasteiger partial charge in [0.2, 0.25) is 0 Å². The van der Waals surface area contributed by atoms with Crippen molar-refractivity contribution >= 4 is 38.1 Å². The van der Waals surface area contributed by atoms with E-state index in [2.05, 4.69) is 9.71 Å². The zero-order valence-electron chi connectivity index (χ0n) is 10.4. The average Bonchev–Trinajstić information content (AvgIpc) is 2.76. The van der Waals surface area contributed by atoms with E-state index >= 15 is 0 Å². The smallest absolute Gasteiger partial charge is 0.266 e. The number of rotatable bonds is 4. The highest BCUT2D eigenvalue weighted by atomic mass is 35.5. The third-order valence-corrected chi connectivity index (χ3v) is 4.95. The fourth-order valence-electron chi connectivity index (χ4n) is 1.53. The molecular formula is C11H11ClFN3O2S2. The minimum atomic E-state index is -4.10. The second kappa shape index (κ2) is 5.65. The number of hydrogen-bond donors (Lipinski definition) is 2. The SMILES string of the molecule is Cc1cnc(NS(=O)(=O)c2cc(Cl)cc(CN)c2F)s1. The number of thiazole rings is 1. The normalized spacial score (nSPS) is 11.6. The first-order valence-corrected chi connectivity index (χ1v) is 8.14. The van der Waals surface area contributed by atoms with Crippen molar-refractivity contribution in [2.45, 2.75) is 18.4 Å². The van der Waals surface area contributed by atoms with Crippen molar-refractivity contribution in [1.82, 2.24) is 4.98 Å². The molecule has 0 saturated carbocycles. The van der Waals surface area contributed by atoms with Crippen molar-refractivity contribution in [2.24, 2.45) is 5.73 Å². The summed E-state index contributed by atoms with van der Waals surface area (Å²) in [4.78, 5) is 4.16. The van der Waals surface area contributed by atoms with Gasteiger partial charge in [0, 0.05) is 28.2 Å². The fourth-order valence-corrected chi connectivity index (χ4v) is 3.89. The van der Waals surface area contributed by atoms with Crippen molar-refractivity contribution in [2.75, 3.05) is 4.72 Å². The molecule has 0 atom stereocenters. The van der Waals surface area contributed by atoms with E-state index in [-0.39, 0.29) is 22.3 Å². The Hall–Kier alpha value is -1.22. The van der Waals surface area contributed by atoms with E-state index in [0.29, 0.717) is 0 Å². The van der Waals surface area contributed by atoms with Gasteiger partial charge in [-0.15, -0.1) is 11.3 Å². The Bertz CT molecular complexity index is 746. The van der Waals surface area contributed by atoms with Crippen LogP contribution in [0.25, 0.3) is 0 Å². The number of hydrogen-bond acceptors (Lipinski definition) is 5. The Balaban J connectivity index is 2.46. The summed E-state index contributed by atoms with van der Waals surface area (Å²) in [5.74, 6) is -0.905. The molecule has 5 nitrogen and oxygen atoms in total. The van der Waals surface area contributed by atoms with Crippen molar-refractivity contribution in [3.05, 3.63) is 39.6 Å². The molecule has 2 aromatic rings. The largest absolute Gasteiger partial charge is 0.326 e. The average molecular weight is 336 g/mol. The van der Waals surface area contributed by atoms with Gasteiger partial charge in [0.1, 0.15) is 10.7 Å². The van der Waals surface area contributed by atoms with Crippen LogP contribution in [0.4, 0.5) is 9.52 Å². The lowest BCUT2D eigenvalue weighted by molar-refractivity contribution is 0.561. The van der Waals surface area contributed by atoms with Crippen LogP contribution in [0.2, 0.25) is 5.02 Å². The molecule has 1 aromatic carbocycles. The van der Waals surface area contributed by atoms with Gasteiger partial charge in [0.05, 0.1) is 0 Å². The van der Waals surface area contributed by atoms with Crippen LogP contribution >= 0.6 is 22.9 Å². The van der Waals surface area contributed by atoms with Gasteiger partial charge in [-0.2, -0.15) is 0 Å². The Morgan fingerprint density at radius 2 is 2.20 bits per heavy atom. The number of nitrogens with one attached hydrogen (secondary N) is 1. The molecule has 9 heteroatoms. The van der Waals surface area contributed by atoms with E-state index in [1.807, 2.05) is 0 Å². The molecule has 0 amide bonds. The van der Waals surface area contributed by atoms with E-state index < -0.39 is 20.7 Å². The zero-order chi connectivity index (χ0) is 14.9. The maximum Gasteiger partial charge on any atom is 0.266 e. The van der Waals surface area contributed by atoms with Crippen LogP contribution in [0.5, 0.6) is 0 Å². The number of benzene rings is 1. The number of halogens is 2. The summed E-state index contributed by atoms with van der Waals surface area (Å²) < 4.78 is 40.6. The minimum absolute atomic E-state index is 0.0354. The second-order valence-corrected chi connectivity index (χ2v) is 7.28. The summed E-state index contributed by atoms with van der Waals surface area (Å²) >= 11 is 6.93. The van der Waals surface area contributed by atoms with E-state index in [1.165, 1.54) is 12.3 Å². The monoisotopic (exact) mass is 335 g/mol. The highest BCUT2D eigenvalue weighted by Gasteiger charge is 2.23. The molecule has 0 spiro atoms. The maximum absolute atomic E-state index is 14.1.